The van der Waals surface area contributed by atoms with Gasteiger partial charge in [-0.1, -0.05) is 43.2 Å². The number of hydrogen-bond donors (Lipinski definition) is 0. The fraction of sp³-hybridized carbons (Fsp3) is 0.696. The predicted molar refractivity (Wildman–Crippen MR) is 108 cm³/mol. The van der Waals surface area contributed by atoms with Crippen LogP contribution in [0.25, 0.3) is 0 Å². The Labute approximate surface area is 164 Å². The van der Waals surface area contributed by atoms with Gasteiger partial charge < -0.3 is 14.4 Å². The van der Waals surface area contributed by atoms with Gasteiger partial charge in [-0.25, -0.2) is 0 Å². The van der Waals surface area contributed by atoms with Gasteiger partial charge in [-0.05, 0) is 70.6 Å². The largest absolute Gasteiger partial charge is 0.465 e. The molecule has 0 N–H and O–H groups in total. The zero-order valence-corrected chi connectivity index (χ0v) is 16.8. The normalized spacial score (nSPS) is 22.6. The second-order valence-electron chi connectivity index (χ2n) is 7.99. The highest BCUT2D eigenvalue weighted by Gasteiger charge is 2.43. The van der Waals surface area contributed by atoms with Crippen molar-refractivity contribution in [3.8, 4) is 0 Å². The van der Waals surface area contributed by atoms with Gasteiger partial charge in [-0.3, -0.25) is 4.79 Å². The van der Waals surface area contributed by atoms with Crippen LogP contribution in [0.5, 0.6) is 0 Å². The van der Waals surface area contributed by atoms with Crippen LogP contribution in [0.3, 0.4) is 0 Å². The van der Waals surface area contributed by atoms with Crippen molar-refractivity contribution < 1.29 is 14.3 Å². The summed E-state index contributed by atoms with van der Waals surface area (Å²) in [7, 11) is 0. The summed E-state index contributed by atoms with van der Waals surface area (Å²) in [4.78, 5) is 15.3. The van der Waals surface area contributed by atoms with Gasteiger partial charge >= 0.3 is 5.97 Å². The summed E-state index contributed by atoms with van der Waals surface area (Å²) in [6.45, 7) is 6.38. The molecule has 150 valence electrons. The molecule has 1 aromatic carbocycles. The highest BCUT2D eigenvalue weighted by molar-refractivity contribution is 5.83. The summed E-state index contributed by atoms with van der Waals surface area (Å²) in [6, 6.07) is 10.2. The van der Waals surface area contributed by atoms with Gasteiger partial charge in [0.15, 0.2) is 0 Å². The molecule has 2 heterocycles. The number of carbonyl (C=O) groups excluding carboxylic acids is 1. The Hall–Kier alpha value is -1.39. The summed E-state index contributed by atoms with van der Waals surface area (Å²) >= 11 is 0. The molecule has 27 heavy (non-hydrogen) atoms. The molecule has 0 bridgehead atoms. The van der Waals surface area contributed by atoms with Gasteiger partial charge in [0.1, 0.15) is 0 Å². The molecule has 0 saturated carbocycles. The first-order valence-corrected chi connectivity index (χ1v) is 10.8. The lowest BCUT2D eigenvalue weighted by Crippen LogP contribution is -2.48. The smallest absolute Gasteiger partial charge is 0.316 e. The van der Waals surface area contributed by atoms with Crippen molar-refractivity contribution in [2.45, 2.75) is 69.8 Å². The number of unbranched alkanes of at least 4 members (excludes halogenated alkanes) is 2. The van der Waals surface area contributed by atoms with Gasteiger partial charge in [0, 0.05) is 6.61 Å². The summed E-state index contributed by atoms with van der Waals surface area (Å²) in [6.07, 6.45) is 9.73. The number of nitrogens with zero attached hydrogens (tertiary/aromatic N) is 1. The van der Waals surface area contributed by atoms with Crippen molar-refractivity contribution in [1.29, 1.82) is 0 Å². The number of carbonyl (C=O) groups is 1. The van der Waals surface area contributed by atoms with Crippen LogP contribution in [0.15, 0.2) is 30.3 Å². The third-order valence-electron chi connectivity index (χ3n) is 6.23. The van der Waals surface area contributed by atoms with Gasteiger partial charge in [-0.2, -0.15) is 0 Å². The molecule has 0 amide bonds. The molecule has 4 nitrogen and oxygen atoms in total. The lowest BCUT2D eigenvalue weighted by Gasteiger charge is -2.40. The molecular formula is C23H35NO3. The number of rotatable bonds is 9. The first-order chi connectivity index (χ1) is 13.2. The van der Waals surface area contributed by atoms with Crippen LogP contribution in [0.4, 0.5) is 0 Å². The molecule has 2 fully saturated rings. The quantitative estimate of drug-likeness (QED) is 0.477. The van der Waals surface area contributed by atoms with E-state index in [4.69, 9.17) is 9.47 Å². The average molecular weight is 374 g/mol. The Balaban J connectivity index is 1.45. The van der Waals surface area contributed by atoms with E-state index in [1.54, 1.807) is 0 Å². The molecule has 2 aliphatic rings. The minimum Gasteiger partial charge on any atom is -0.465 e. The standard InChI is InChI=1S/C23H35NO3/c1-2-26-22(25)23(20-10-5-3-6-11-20)14-17-24(18-15-23)16-8-4-7-12-21-13-9-19-27-21/h3,5-6,10-11,21H,2,4,7-9,12-19H2,1H3. The van der Waals surface area contributed by atoms with Crippen LogP contribution in [0.2, 0.25) is 0 Å². The van der Waals surface area contributed by atoms with Gasteiger partial charge in [0.05, 0.1) is 18.1 Å². The van der Waals surface area contributed by atoms with Crippen molar-refractivity contribution >= 4 is 5.97 Å². The zero-order chi connectivity index (χ0) is 19.0. The molecule has 0 aromatic heterocycles. The Morgan fingerprint density at radius 2 is 1.96 bits per heavy atom. The predicted octanol–water partition coefficient (Wildman–Crippen LogP) is 4.32. The maximum Gasteiger partial charge on any atom is 0.316 e. The first kappa shape index (κ1) is 20.3. The number of likely N-dealkylation sites (tertiary alicyclic amines) is 1. The van der Waals surface area contributed by atoms with Crippen molar-refractivity contribution in [1.82, 2.24) is 4.90 Å². The minimum atomic E-state index is -0.465. The highest BCUT2D eigenvalue weighted by Crippen LogP contribution is 2.37. The van der Waals surface area contributed by atoms with Gasteiger partial charge in [0.25, 0.3) is 0 Å². The van der Waals surface area contributed by atoms with Crippen molar-refractivity contribution in [3.63, 3.8) is 0 Å². The van der Waals surface area contributed by atoms with E-state index in [-0.39, 0.29) is 5.97 Å². The molecule has 2 saturated heterocycles. The van der Waals surface area contributed by atoms with E-state index in [9.17, 15) is 4.79 Å². The van der Waals surface area contributed by atoms with E-state index < -0.39 is 5.41 Å². The van der Waals surface area contributed by atoms with E-state index >= 15 is 0 Å². The molecule has 1 unspecified atom stereocenters. The lowest BCUT2D eigenvalue weighted by molar-refractivity contribution is -0.152. The number of piperidine rings is 1. The number of esters is 1. The molecule has 0 aliphatic carbocycles. The molecule has 0 spiro atoms. The van der Waals surface area contributed by atoms with Gasteiger partial charge in [-0.15, -0.1) is 0 Å². The fourth-order valence-corrected chi connectivity index (χ4v) is 4.55. The highest BCUT2D eigenvalue weighted by atomic mass is 16.5. The van der Waals surface area contributed by atoms with Crippen LogP contribution in [-0.2, 0) is 19.7 Å². The van der Waals surface area contributed by atoms with Crippen LogP contribution in [0, 0.1) is 0 Å². The minimum absolute atomic E-state index is 0.0487. The second kappa shape index (κ2) is 10.2. The summed E-state index contributed by atoms with van der Waals surface area (Å²) < 4.78 is 11.2. The Morgan fingerprint density at radius 3 is 2.63 bits per heavy atom. The summed E-state index contributed by atoms with van der Waals surface area (Å²) in [5.41, 5.74) is 0.646. The van der Waals surface area contributed by atoms with Gasteiger partial charge in [0.2, 0.25) is 0 Å². The maximum atomic E-state index is 12.8. The maximum absolute atomic E-state index is 12.8. The molecule has 2 aliphatic heterocycles. The topological polar surface area (TPSA) is 38.8 Å². The Morgan fingerprint density at radius 1 is 1.19 bits per heavy atom. The average Bonchev–Trinajstić information content (AvgIpc) is 3.23. The monoisotopic (exact) mass is 373 g/mol. The SMILES string of the molecule is CCOC(=O)C1(c2ccccc2)CCN(CCCCCC2CCCO2)CC1. The van der Waals surface area contributed by atoms with Crippen molar-refractivity contribution in [2.75, 3.05) is 32.8 Å². The van der Waals surface area contributed by atoms with E-state index in [0.717, 1.165) is 44.6 Å². The lowest BCUT2D eigenvalue weighted by atomic mass is 9.72. The van der Waals surface area contributed by atoms with E-state index in [2.05, 4.69) is 17.0 Å². The number of hydrogen-bond acceptors (Lipinski definition) is 4. The third kappa shape index (κ3) is 5.32. The number of benzene rings is 1. The van der Waals surface area contributed by atoms with E-state index in [1.807, 2.05) is 25.1 Å². The fourth-order valence-electron chi connectivity index (χ4n) is 4.55. The summed E-state index contributed by atoms with van der Waals surface area (Å²) in [5.74, 6) is -0.0487. The van der Waals surface area contributed by atoms with Crippen LogP contribution >= 0.6 is 0 Å². The third-order valence-corrected chi connectivity index (χ3v) is 6.23. The zero-order valence-electron chi connectivity index (χ0n) is 16.8. The van der Waals surface area contributed by atoms with Crippen molar-refractivity contribution in [3.05, 3.63) is 35.9 Å². The first-order valence-electron chi connectivity index (χ1n) is 10.8. The Bertz CT molecular complexity index is 560. The Kier molecular flexibility index (Phi) is 7.71. The number of ether oxygens (including phenoxy) is 2. The van der Waals surface area contributed by atoms with Crippen LogP contribution in [0.1, 0.15) is 63.9 Å². The van der Waals surface area contributed by atoms with Crippen LogP contribution in [-0.4, -0.2) is 49.8 Å². The molecular weight excluding hydrogens is 338 g/mol. The molecule has 3 rings (SSSR count). The van der Waals surface area contributed by atoms with E-state index in [1.165, 1.54) is 38.5 Å². The molecule has 1 atom stereocenters. The molecule has 4 heteroatoms. The second-order valence-corrected chi connectivity index (χ2v) is 7.99. The summed E-state index contributed by atoms with van der Waals surface area (Å²) in [5, 5.41) is 0. The molecule has 1 aromatic rings. The molecule has 0 radical (unpaired) electrons. The van der Waals surface area contributed by atoms with Crippen molar-refractivity contribution in [2.24, 2.45) is 0 Å². The van der Waals surface area contributed by atoms with Crippen LogP contribution < -0.4 is 0 Å². The van der Waals surface area contributed by atoms with E-state index in [0.29, 0.717) is 12.7 Å².